The van der Waals surface area contributed by atoms with Gasteiger partial charge in [0.15, 0.2) is 0 Å². The minimum atomic E-state index is -0.0334. The SMILES string of the molecule is CC1CCC(OCC(N)c2ccc3ccccc3c2)CC1. The third kappa shape index (κ3) is 3.63. The van der Waals surface area contributed by atoms with Gasteiger partial charge in [0.05, 0.1) is 18.8 Å². The van der Waals surface area contributed by atoms with Gasteiger partial charge in [-0.1, -0.05) is 43.3 Å². The van der Waals surface area contributed by atoms with Crippen molar-refractivity contribution in [3.8, 4) is 0 Å². The molecule has 2 nitrogen and oxygen atoms in total. The zero-order valence-electron chi connectivity index (χ0n) is 12.8. The number of nitrogens with two attached hydrogens (primary N) is 1. The Kier molecular flexibility index (Phi) is 4.57. The highest BCUT2D eigenvalue weighted by molar-refractivity contribution is 5.83. The minimum Gasteiger partial charge on any atom is -0.376 e. The molecule has 1 unspecified atom stereocenters. The second-order valence-electron chi connectivity index (χ2n) is 6.43. The van der Waals surface area contributed by atoms with Gasteiger partial charge in [0.1, 0.15) is 0 Å². The van der Waals surface area contributed by atoms with Crippen LogP contribution in [-0.4, -0.2) is 12.7 Å². The van der Waals surface area contributed by atoms with E-state index in [4.69, 9.17) is 10.5 Å². The van der Waals surface area contributed by atoms with E-state index in [0.29, 0.717) is 12.7 Å². The van der Waals surface area contributed by atoms with Crippen molar-refractivity contribution >= 4 is 10.8 Å². The lowest BCUT2D eigenvalue weighted by molar-refractivity contribution is 0.0126. The summed E-state index contributed by atoms with van der Waals surface area (Å²) in [7, 11) is 0. The summed E-state index contributed by atoms with van der Waals surface area (Å²) < 4.78 is 6.03. The highest BCUT2D eigenvalue weighted by atomic mass is 16.5. The molecular formula is C19H25NO. The van der Waals surface area contributed by atoms with Crippen LogP contribution in [0.4, 0.5) is 0 Å². The molecule has 3 rings (SSSR count). The summed E-state index contributed by atoms with van der Waals surface area (Å²) in [5.41, 5.74) is 7.47. The molecule has 0 aromatic heterocycles. The summed E-state index contributed by atoms with van der Waals surface area (Å²) in [5, 5.41) is 2.51. The van der Waals surface area contributed by atoms with Gasteiger partial charge in [-0.05, 0) is 54.0 Å². The predicted molar refractivity (Wildman–Crippen MR) is 88.2 cm³/mol. The molecule has 21 heavy (non-hydrogen) atoms. The maximum absolute atomic E-state index is 6.31. The molecule has 0 radical (unpaired) electrons. The second kappa shape index (κ2) is 6.59. The van der Waals surface area contributed by atoms with Crippen molar-refractivity contribution in [1.82, 2.24) is 0 Å². The minimum absolute atomic E-state index is 0.0334. The maximum Gasteiger partial charge on any atom is 0.0663 e. The largest absolute Gasteiger partial charge is 0.376 e. The summed E-state index contributed by atoms with van der Waals surface area (Å²) in [5.74, 6) is 0.860. The van der Waals surface area contributed by atoms with E-state index in [0.717, 1.165) is 11.5 Å². The van der Waals surface area contributed by atoms with Gasteiger partial charge in [-0.15, -0.1) is 0 Å². The third-order valence-corrected chi connectivity index (χ3v) is 4.68. The lowest BCUT2D eigenvalue weighted by Crippen LogP contribution is -2.25. The summed E-state index contributed by atoms with van der Waals surface area (Å²) in [6, 6.07) is 14.8. The third-order valence-electron chi connectivity index (χ3n) is 4.68. The lowest BCUT2D eigenvalue weighted by atomic mass is 9.89. The zero-order chi connectivity index (χ0) is 14.7. The van der Waals surface area contributed by atoms with Gasteiger partial charge in [-0.25, -0.2) is 0 Å². The van der Waals surface area contributed by atoms with Crippen LogP contribution in [0.15, 0.2) is 42.5 Å². The van der Waals surface area contributed by atoms with Crippen LogP contribution < -0.4 is 5.73 Å². The monoisotopic (exact) mass is 283 g/mol. The average Bonchev–Trinajstić information content (AvgIpc) is 2.53. The van der Waals surface area contributed by atoms with Crippen LogP contribution >= 0.6 is 0 Å². The molecule has 112 valence electrons. The standard InChI is InChI=1S/C19H25NO/c1-14-6-10-18(11-7-14)21-13-19(20)17-9-8-15-4-2-3-5-16(15)12-17/h2-5,8-9,12,14,18-19H,6-7,10-11,13,20H2,1H3. The van der Waals surface area contributed by atoms with Crippen LogP contribution in [0.25, 0.3) is 10.8 Å². The Morgan fingerprint density at radius 2 is 1.76 bits per heavy atom. The molecule has 0 aliphatic heterocycles. The quantitative estimate of drug-likeness (QED) is 0.900. The van der Waals surface area contributed by atoms with E-state index in [9.17, 15) is 0 Å². The first-order chi connectivity index (χ1) is 10.2. The van der Waals surface area contributed by atoms with E-state index in [1.54, 1.807) is 0 Å². The zero-order valence-corrected chi connectivity index (χ0v) is 12.8. The summed E-state index contributed by atoms with van der Waals surface area (Å²) in [6.45, 7) is 2.95. The second-order valence-corrected chi connectivity index (χ2v) is 6.43. The van der Waals surface area contributed by atoms with Crippen molar-refractivity contribution in [2.24, 2.45) is 11.7 Å². The first-order valence-electron chi connectivity index (χ1n) is 8.08. The van der Waals surface area contributed by atoms with Crippen LogP contribution in [0, 0.1) is 5.92 Å². The molecule has 0 saturated heterocycles. The summed E-state index contributed by atoms with van der Waals surface area (Å²) in [4.78, 5) is 0. The van der Waals surface area contributed by atoms with Gasteiger partial charge in [0.2, 0.25) is 0 Å². The normalized spacial score (nSPS) is 24.1. The first kappa shape index (κ1) is 14.6. The van der Waals surface area contributed by atoms with Crippen LogP contribution in [0.3, 0.4) is 0 Å². The maximum atomic E-state index is 6.31. The molecule has 0 amide bonds. The van der Waals surface area contributed by atoms with E-state index < -0.39 is 0 Å². The van der Waals surface area contributed by atoms with E-state index in [2.05, 4.69) is 49.4 Å². The van der Waals surface area contributed by atoms with E-state index in [1.165, 1.54) is 36.5 Å². The number of fused-ring (bicyclic) bond motifs is 1. The van der Waals surface area contributed by atoms with Crippen LogP contribution in [0.2, 0.25) is 0 Å². The van der Waals surface area contributed by atoms with Crippen molar-refractivity contribution in [2.75, 3.05) is 6.61 Å². The topological polar surface area (TPSA) is 35.2 Å². The molecule has 2 heteroatoms. The molecule has 1 atom stereocenters. The van der Waals surface area contributed by atoms with Crippen molar-refractivity contribution in [2.45, 2.75) is 44.8 Å². The molecule has 1 saturated carbocycles. The summed E-state index contributed by atoms with van der Waals surface area (Å²) >= 11 is 0. The lowest BCUT2D eigenvalue weighted by Gasteiger charge is -2.27. The fourth-order valence-corrected chi connectivity index (χ4v) is 3.17. The number of hydrogen-bond donors (Lipinski definition) is 1. The van der Waals surface area contributed by atoms with Gasteiger partial charge in [0.25, 0.3) is 0 Å². The molecule has 1 aliphatic carbocycles. The fraction of sp³-hybridized carbons (Fsp3) is 0.474. The first-order valence-corrected chi connectivity index (χ1v) is 8.08. The number of benzene rings is 2. The fourth-order valence-electron chi connectivity index (χ4n) is 3.17. The van der Waals surface area contributed by atoms with E-state index in [-0.39, 0.29) is 6.04 Å². The van der Waals surface area contributed by atoms with Crippen molar-refractivity contribution in [3.05, 3.63) is 48.0 Å². The van der Waals surface area contributed by atoms with Gasteiger partial charge >= 0.3 is 0 Å². The van der Waals surface area contributed by atoms with Crippen LogP contribution in [0.1, 0.15) is 44.2 Å². The van der Waals surface area contributed by atoms with Gasteiger partial charge in [-0.2, -0.15) is 0 Å². The van der Waals surface area contributed by atoms with Crippen molar-refractivity contribution < 1.29 is 4.74 Å². The van der Waals surface area contributed by atoms with Crippen molar-refractivity contribution in [1.29, 1.82) is 0 Å². The van der Waals surface area contributed by atoms with Crippen LogP contribution in [0.5, 0.6) is 0 Å². The molecule has 2 aromatic rings. The Bertz CT molecular complexity index is 587. The Balaban J connectivity index is 1.60. The number of ether oxygens (including phenoxy) is 1. The van der Waals surface area contributed by atoms with Crippen LogP contribution in [-0.2, 0) is 4.74 Å². The highest BCUT2D eigenvalue weighted by Gasteiger charge is 2.19. The number of hydrogen-bond acceptors (Lipinski definition) is 2. The molecule has 1 fully saturated rings. The van der Waals surface area contributed by atoms with Gasteiger partial charge in [0, 0.05) is 0 Å². The molecule has 0 bridgehead atoms. The predicted octanol–water partition coefficient (Wildman–Crippen LogP) is 4.43. The Morgan fingerprint density at radius 3 is 2.52 bits per heavy atom. The molecule has 2 N–H and O–H groups in total. The van der Waals surface area contributed by atoms with Gasteiger partial charge < -0.3 is 10.5 Å². The molecule has 2 aromatic carbocycles. The average molecular weight is 283 g/mol. The number of rotatable bonds is 4. The summed E-state index contributed by atoms with van der Waals surface area (Å²) in [6.07, 6.45) is 5.36. The van der Waals surface area contributed by atoms with E-state index >= 15 is 0 Å². The smallest absolute Gasteiger partial charge is 0.0663 e. The Morgan fingerprint density at radius 1 is 1.05 bits per heavy atom. The molecule has 1 aliphatic rings. The highest BCUT2D eigenvalue weighted by Crippen LogP contribution is 2.26. The van der Waals surface area contributed by atoms with Crippen molar-refractivity contribution in [3.63, 3.8) is 0 Å². The Hall–Kier alpha value is -1.38. The van der Waals surface area contributed by atoms with E-state index in [1.807, 2.05) is 0 Å². The van der Waals surface area contributed by atoms with Gasteiger partial charge in [-0.3, -0.25) is 0 Å². The molecule has 0 spiro atoms. The molecule has 0 heterocycles. The Labute approximate surface area is 127 Å². The molecular weight excluding hydrogens is 258 g/mol.